The molecule has 1 amide bonds. The Morgan fingerprint density at radius 2 is 1.89 bits per heavy atom. The van der Waals surface area contributed by atoms with Crippen molar-refractivity contribution in [2.45, 2.75) is 51.0 Å². The molecule has 2 aromatic rings. The zero-order valence-electron chi connectivity index (χ0n) is 16.5. The Morgan fingerprint density at radius 3 is 2.50 bits per heavy atom. The van der Waals surface area contributed by atoms with Crippen LogP contribution in [0.1, 0.15) is 47.1 Å². The lowest BCUT2D eigenvalue weighted by Crippen LogP contribution is -2.46. The number of hydrogen-bond donors (Lipinski definition) is 1. The lowest BCUT2D eigenvalue weighted by Gasteiger charge is -2.32. The van der Waals surface area contributed by atoms with Gasteiger partial charge in [0, 0.05) is 25.6 Å². The number of hydrogen-bond acceptors (Lipinski definition) is 5. The monoisotopic (exact) mass is 421 g/mol. The standard InChI is InChI=1S/C20H27N3O3S2/c1-14(2)13-18-21-15(3)19(27-18)20(24)23-11-9-16(10-12-23)22-28(25,26)17-7-5-4-6-8-17/h4-8,14,16,22H,9-13H2,1-3H3. The van der Waals surface area contributed by atoms with E-state index in [-0.39, 0.29) is 16.8 Å². The maximum absolute atomic E-state index is 12.9. The lowest BCUT2D eigenvalue weighted by atomic mass is 10.1. The molecule has 6 nitrogen and oxygen atoms in total. The summed E-state index contributed by atoms with van der Waals surface area (Å²) in [6.45, 7) is 7.24. The Kier molecular flexibility index (Phi) is 6.52. The van der Waals surface area contributed by atoms with E-state index >= 15 is 0 Å². The third-order valence-electron chi connectivity index (χ3n) is 4.78. The number of benzene rings is 1. The topological polar surface area (TPSA) is 79.4 Å². The number of nitrogens with one attached hydrogen (secondary N) is 1. The van der Waals surface area contributed by atoms with E-state index in [1.807, 2.05) is 11.8 Å². The smallest absolute Gasteiger partial charge is 0.265 e. The van der Waals surface area contributed by atoms with Crippen molar-refractivity contribution in [1.29, 1.82) is 0 Å². The fraction of sp³-hybridized carbons (Fsp3) is 0.500. The van der Waals surface area contributed by atoms with Gasteiger partial charge in [-0.25, -0.2) is 18.1 Å². The number of aryl methyl sites for hydroxylation is 1. The molecule has 1 aliphatic heterocycles. The van der Waals surface area contributed by atoms with Crippen molar-refractivity contribution in [3.05, 3.63) is 45.9 Å². The van der Waals surface area contributed by atoms with E-state index in [9.17, 15) is 13.2 Å². The summed E-state index contributed by atoms with van der Waals surface area (Å²) in [5.74, 6) is 0.510. The fourth-order valence-corrected chi connectivity index (χ4v) is 5.89. The van der Waals surface area contributed by atoms with Crippen LogP contribution in [-0.4, -0.2) is 43.3 Å². The molecule has 1 aromatic heterocycles. The van der Waals surface area contributed by atoms with Crippen LogP contribution >= 0.6 is 11.3 Å². The van der Waals surface area contributed by atoms with E-state index in [2.05, 4.69) is 23.6 Å². The molecule has 8 heteroatoms. The Balaban J connectivity index is 1.59. The average molecular weight is 422 g/mol. The number of carbonyl (C=O) groups excluding carboxylic acids is 1. The highest BCUT2D eigenvalue weighted by atomic mass is 32.2. The van der Waals surface area contributed by atoms with Crippen LogP contribution in [0.4, 0.5) is 0 Å². The van der Waals surface area contributed by atoms with E-state index in [4.69, 9.17) is 0 Å². The minimum atomic E-state index is -3.53. The normalized spacial score (nSPS) is 15.9. The molecule has 1 saturated heterocycles. The molecule has 1 aromatic carbocycles. The van der Waals surface area contributed by atoms with Crippen LogP contribution in [0.2, 0.25) is 0 Å². The highest BCUT2D eigenvalue weighted by Crippen LogP contribution is 2.24. The van der Waals surface area contributed by atoms with E-state index in [1.54, 1.807) is 30.3 Å². The summed E-state index contributed by atoms with van der Waals surface area (Å²) in [6.07, 6.45) is 2.09. The summed E-state index contributed by atoms with van der Waals surface area (Å²) in [7, 11) is -3.53. The fourth-order valence-electron chi connectivity index (χ4n) is 3.32. The Morgan fingerprint density at radius 1 is 1.25 bits per heavy atom. The van der Waals surface area contributed by atoms with Crippen LogP contribution in [0.15, 0.2) is 35.2 Å². The molecule has 0 saturated carbocycles. The first-order chi connectivity index (χ1) is 13.3. The van der Waals surface area contributed by atoms with Crippen molar-refractivity contribution in [1.82, 2.24) is 14.6 Å². The second-order valence-electron chi connectivity index (χ2n) is 7.62. The number of aromatic nitrogens is 1. The molecule has 0 spiro atoms. The molecule has 1 aliphatic rings. The maximum atomic E-state index is 12.9. The molecular formula is C20H27N3O3S2. The van der Waals surface area contributed by atoms with Gasteiger partial charge in [0.25, 0.3) is 5.91 Å². The molecule has 3 rings (SSSR count). The molecule has 28 heavy (non-hydrogen) atoms. The number of amides is 1. The van der Waals surface area contributed by atoms with Gasteiger partial charge in [-0.15, -0.1) is 11.3 Å². The maximum Gasteiger partial charge on any atom is 0.265 e. The molecule has 0 radical (unpaired) electrons. The first-order valence-corrected chi connectivity index (χ1v) is 11.9. The third-order valence-corrected chi connectivity index (χ3v) is 7.48. The molecule has 0 unspecified atom stereocenters. The highest BCUT2D eigenvalue weighted by molar-refractivity contribution is 7.89. The number of rotatable bonds is 6. The first kappa shape index (κ1) is 21.0. The molecule has 1 fully saturated rings. The van der Waals surface area contributed by atoms with E-state index < -0.39 is 10.0 Å². The number of carbonyl (C=O) groups is 1. The number of sulfonamides is 1. The minimum Gasteiger partial charge on any atom is -0.338 e. The summed E-state index contributed by atoms with van der Waals surface area (Å²) >= 11 is 1.48. The first-order valence-electron chi connectivity index (χ1n) is 9.59. The van der Waals surface area contributed by atoms with Gasteiger partial charge < -0.3 is 4.90 Å². The zero-order chi connectivity index (χ0) is 20.3. The molecule has 0 aliphatic carbocycles. The minimum absolute atomic E-state index is 0.00868. The Bertz CT molecular complexity index is 915. The summed E-state index contributed by atoms with van der Waals surface area (Å²) in [5, 5.41) is 1.00. The van der Waals surface area contributed by atoms with E-state index in [1.165, 1.54) is 11.3 Å². The van der Waals surface area contributed by atoms with Gasteiger partial charge in [-0.1, -0.05) is 32.0 Å². The van der Waals surface area contributed by atoms with E-state index in [0.29, 0.717) is 36.7 Å². The quantitative estimate of drug-likeness (QED) is 0.777. The van der Waals surface area contributed by atoms with Gasteiger partial charge in [-0.05, 0) is 37.8 Å². The van der Waals surface area contributed by atoms with E-state index in [0.717, 1.165) is 17.1 Å². The molecular weight excluding hydrogens is 394 g/mol. The van der Waals surface area contributed by atoms with Crippen molar-refractivity contribution >= 4 is 27.3 Å². The predicted molar refractivity (Wildman–Crippen MR) is 111 cm³/mol. The number of thiazole rings is 1. The summed E-state index contributed by atoms with van der Waals surface area (Å²) in [5.41, 5.74) is 0.789. The highest BCUT2D eigenvalue weighted by Gasteiger charge is 2.29. The Labute approximate surface area is 171 Å². The predicted octanol–water partition coefficient (Wildman–Crippen LogP) is 3.23. The van der Waals surface area contributed by atoms with Crippen LogP contribution in [0, 0.1) is 12.8 Å². The molecule has 152 valence electrons. The van der Waals surface area contributed by atoms with Gasteiger partial charge in [0.1, 0.15) is 4.88 Å². The SMILES string of the molecule is Cc1nc(CC(C)C)sc1C(=O)N1CCC(NS(=O)(=O)c2ccccc2)CC1. The number of nitrogens with zero attached hydrogens (tertiary/aromatic N) is 2. The van der Waals surface area contributed by atoms with Crippen molar-refractivity contribution in [3.8, 4) is 0 Å². The van der Waals surface area contributed by atoms with Crippen LogP contribution in [0.5, 0.6) is 0 Å². The second kappa shape index (κ2) is 8.71. The molecule has 2 heterocycles. The van der Waals surface area contributed by atoms with Crippen LogP contribution in [-0.2, 0) is 16.4 Å². The largest absolute Gasteiger partial charge is 0.338 e. The molecule has 0 atom stereocenters. The van der Waals surface area contributed by atoms with Crippen LogP contribution < -0.4 is 4.72 Å². The van der Waals surface area contributed by atoms with Crippen molar-refractivity contribution < 1.29 is 13.2 Å². The van der Waals surface area contributed by atoms with Crippen molar-refractivity contribution in [2.75, 3.05) is 13.1 Å². The molecule has 1 N–H and O–H groups in total. The van der Waals surface area contributed by atoms with Crippen LogP contribution in [0.3, 0.4) is 0 Å². The third kappa shape index (κ3) is 4.98. The van der Waals surface area contributed by atoms with Crippen LogP contribution in [0.25, 0.3) is 0 Å². The van der Waals surface area contributed by atoms with Gasteiger partial charge in [-0.3, -0.25) is 4.79 Å². The second-order valence-corrected chi connectivity index (χ2v) is 10.4. The summed E-state index contributed by atoms with van der Waals surface area (Å²) in [4.78, 5) is 20.2. The van der Waals surface area contributed by atoms with Gasteiger partial charge in [-0.2, -0.15) is 0 Å². The number of likely N-dealkylation sites (tertiary alicyclic amines) is 1. The van der Waals surface area contributed by atoms with Crippen molar-refractivity contribution in [3.63, 3.8) is 0 Å². The van der Waals surface area contributed by atoms with Gasteiger partial charge in [0.15, 0.2) is 0 Å². The van der Waals surface area contributed by atoms with Gasteiger partial charge >= 0.3 is 0 Å². The van der Waals surface area contributed by atoms with Gasteiger partial charge in [0.2, 0.25) is 10.0 Å². The Hall–Kier alpha value is -1.77. The van der Waals surface area contributed by atoms with Gasteiger partial charge in [0.05, 0.1) is 15.6 Å². The zero-order valence-corrected chi connectivity index (χ0v) is 18.1. The summed E-state index contributed by atoms with van der Waals surface area (Å²) in [6, 6.07) is 8.22. The lowest BCUT2D eigenvalue weighted by molar-refractivity contribution is 0.0715. The number of piperidine rings is 1. The van der Waals surface area contributed by atoms with Crippen molar-refractivity contribution in [2.24, 2.45) is 5.92 Å². The average Bonchev–Trinajstić information content (AvgIpc) is 3.01. The summed E-state index contributed by atoms with van der Waals surface area (Å²) < 4.78 is 27.7. The molecule has 0 bridgehead atoms.